The Morgan fingerprint density at radius 1 is 0.825 bits per heavy atom. The average Bonchev–Trinajstić information content (AvgIpc) is 2.82. The molecule has 15 heteroatoms. The van der Waals surface area contributed by atoms with E-state index in [4.69, 9.17) is 34.8 Å². The van der Waals surface area contributed by atoms with Crippen LogP contribution in [0.3, 0.4) is 0 Å². The number of hydrogen-bond acceptors (Lipinski definition) is 2. The van der Waals surface area contributed by atoms with Gasteiger partial charge in [-0.1, -0.05) is 46.9 Å². The zero-order chi connectivity index (χ0) is 30.6. The number of Topliss-reactive ketones (excluding diaryl/α,β-unsaturated/α-hetero) is 2. The molecule has 1 atom stereocenters. The molecule has 2 aromatic carbocycles. The Kier molecular flexibility index (Phi) is 11.1. The molecule has 1 unspecified atom stereocenters. The first-order valence-corrected chi connectivity index (χ1v) is 12.3. The van der Waals surface area contributed by atoms with Crippen molar-refractivity contribution in [2.75, 3.05) is 0 Å². The molecule has 0 aliphatic heterocycles. The van der Waals surface area contributed by atoms with Crippen molar-refractivity contribution in [1.29, 1.82) is 0 Å². The van der Waals surface area contributed by atoms with Gasteiger partial charge >= 0.3 is 18.5 Å². The third-order valence-corrected chi connectivity index (χ3v) is 6.68. The van der Waals surface area contributed by atoms with Crippen LogP contribution in [0.4, 0.5) is 43.9 Å². The summed E-state index contributed by atoms with van der Waals surface area (Å²) in [7, 11) is 0. The Labute approximate surface area is 235 Å². The maximum atomic E-state index is 14.9. The molecule has 0 N–H and O–H groups in total. The van der Waals surface area contributed by atoms with E-state index in [1.165, 1.54) is 0 Å². The van der Waals surface area contributed by atoms with Crippen LogP contribution in [0.15, 0.2) is 36.4 Å². The molecule has 0 radical (unpaired) electrons. The summed E-state index contributed by atoms with van der Waals surface area (Å²) in [4.78, 5) is 23.9. The molecule has 220 valence electrons. The van der Waals surface area contributed by atoms with Crippen LogP contribution in [0.1, 0.15) is 65.1 Å². The molecule has 0 aliphatic carbocycles. The summed E-state index contributed by atoms with van der Waals surface area (Å²) in [5.74, 6) is -6.38. The second kappa shape index (κ2) is 13.1. The molecular weight excluding hydrogens is 629 g/mol. The zero-order valence-corrected chi connectivity index (χ0v) is 22.1. The fourth-order valence-corrected chi connectivity index (χ4v) is 4.15. The van der Waals surface area contributed by atoms with Crippen molar-refractivity contribution in [2.45, 2.75) is 56.6 Å². The van der Waals surface area contributed by atoms with Gasteiger partial charge in [-0.05, 0) is 36.3 Å². The highest BCUT2D eigenvalue weighted by atomic mass is 35.5. The molecule has 2 nitrogen and oxygen atoms in total. The van der Waals surface area contributed by atoms with E-state index in [0.717, 1.165) is 12.1 Å². The number of ketones is 2. The summed E-state index contributed by atoms with van der Waals surface area (Å²) in [6.07, 6.45) is -18.6. The lowest BCUT2D eigenvalue weighted by Gasteiger charge is -2.19. The van der Waals surface area contributed by atoms with E-state index in [1.54, 1.807) is 0 Å². The summed E-state index contributed by atoms with van der Waals surface area (Å²) in [6, 6.07) is 2.93. The highest BCUT2D eigenvalue weighted by Gasteiger charge is 2.41. The van der Waals surface area contributed by atoms with Crippen LogP contribution in [-0.4, -0.2) is 23.9 Å². The molecule has 0 heterocycles. The summed E-state index contributed by atoms with van der Waals surface area (Å²) in [5.41, 5.74) is -4.17. The summed E-state index contributed by atoms with van der Waals surface area (Å²) < 4.78 is 134. The minimum atomic E-state index is -5.23. The Balaban J connectivity index is 2.34. The zero-order valence-electron chi connectivity index (χ0n) is 19.8. The quantitative estimate of drug-likeness (QED) is 0.146. The van der Waals surface area contributed by atoms with Crippen molar-refractivity contribution in [3.63, 3.8) is 0 Å². The lowest BCUT2D eigenvalue weighted by atomic mass is 9.94. The van der Waals surface area contributed by atoms with Crippen molar-refractivity contribution in [3.8, 4) is 0 Å². The van der Waals surface area contributed by atoms with E-state index in [9.17, 15) is 53.5 Å². The molecule has 0 aliphatic rings. The largest absolute Gasteiger partial charge is 0.417 e. The lowest BCUT2D eigenvalue weighted by Crippen LogP contribution is -2.19. The van der Waals surface area contributed by atoms with Crippen molar-refractivity contribution in [3.05, 3.63) is 73.7 Å². The van der Waals surface area contributed by atoms with Gasteiger partial charge in [-0.15, -0.1) is 0 Å². The smallest absolute Gasteiger partial charge is 0.300 e. The molecule has 40 heavy (non-hydrogen) atoms. The fourth-order valence-electron chi connectivity index (χ4n) is 3.53. The van der Waals surface area contributed by atoms with Gasteiger partial charge in [-0.3, -0.25) is 9.59 Å². The molecule has 0 spiro atoms. The molecule has 2 aromatic rings. The van der Waals surface area contributed by atoms with E-state index in [0.29, 0.717) is 12.1 Å². The topological polar surface area (TPSA) is 34.1 Å². The predicted molar refractivity (Wildman–Crippen MR) is 129 cm³/mol. The number of alkyl halides is 9. The van der Waals surface area contributed by atoms with Crippen LogP contribution in [-0.2, 0) is 11.0 Å². The van der Waals surface area contributed by atoms with Gasteiger partial charge in [0.15, 0.2) is 5.78 Å². The van der Waals surface area contributed by atoms with Gasteiger partial charge < -0.3 is 0 Å². The predicted octanol–water partition coefficient (Wildman–Crippen LogP) is 10.6. The first kappa shape index (κ1) is 33.9. The van der Waals surface area contributed by atoms with Crippen LogP contribution in [0, 0.1) is 0 Å². The number of hydrogen-bond donors (Lipinski definition) is 0. The van der Waals surface area contributed by atoms with Crippen LogP contribution in [0.25, 0.3) is 5.83 Å². The lowest BCUT2D eigenvalue weighted by molar-refractivity contribution is -0.143. The van der Waals surface area contributed by atoms with Gasteiger partial charge in [-0.25, -0.2) is 4.39 Å². The van der Waals surface area contributed by atoms with E-state index in [-0.39, 0.29) is 33.6 Å². The van der Waals surface area contributed by atoms with Gasteiger partial charge in [0.1, 0.15) is 17.5 Å². The molecule has 0 saturated heterocycles. The minimum absolute atomic E-state index is 0.0133. The summed E-state index contributed by atoms with van der Waals surface area (Å²) in [5, 5.41) is -1.02. The third-order valence-electron chi connectivity index (χ3n) is 5.48. The second-order valence-electron chi connectivity index (χ2n) is 8.52. The van der Waals surface area contributed by atoms with Crippen LogP contribution >= 0.6 is 34.8 Å². The molecular formula is C25H17Cl3F10O2. The first-order valence-electron chi connectivity index (χ1n) is 11.1. The molecule has 0 amide bonds. The van der Waals surface area contributed by atoms with Gasteiger partial charge in [0.25, 0.3) is 0 Å². The SMILES string of the molecule is O=C(CCCC(=O)c1ccc(/C(F)=C/C(c2cc(Cl)c(Cl)c(Cl)c2)C(F)(F)F)cc1C(F)(F)F)CCC(F)(F)F. The summed E-state index contributed by atoms with van der Waals surface area (Å²) in [6.45, 7) is 0. The maximum absolute atomic E-state index is 14.9. The standard InChI is InChI=1S/C25H17Cl3F10O2/c26-18-9-13(10-19(27)22(18)28)16(24(33,34)35)11-20(29)12-4-5-15(17(8-12)25(36,37)38)21(40)3-1-2-14(39)6-7-23(30,31)32/h4-5,8-11,16H,1-3,6-7H2/b20-11-. The highest BCUT2D eigenvalue weighted by Crippen LogP contribution is 2.43. The molecule has 0 saturated carbocycles. The van der Waals surface area contributed by atoms with Crippen molar-refractivity contribution < 1.29 is 53.5 Å². The van der Waals surface area contributed by atoms with E-state index in [1.807, 2.05) is 0 Å². The van der Waals surface area contributed by atoms with Crippen molar-refractivity contribution in [2.24, 2.45) is 0 Å². The van der Waals surface area contributed by atoms with Crippen LogP contribution in [0.5, 0.6) is 0 Å². The number of allylic oxidation sites excluding steroid dienone is 1. The summed E-state index contributed by atoms with van der Waals surface area (Å²) >= 11 is 17.2. The Hall–Kier alpha value is -2.31. The minimum Gasteiger partial charge on any atom is -0.300 e. The Bertz CT molecular complexity index is 1260. The number of benzene rings is 2. The molecule has 0 fully saturated rings. The number of carbonyl (C=O) groups excluding carboxylic acids is 2. The van der Waals surface area contributed by atoms with E-state index < -0.39 is 89.8 Å². The van der Waals surface area contributed by atoms with Crippen molar-refractivity contribution >= 4 is 52.2 Å². The second-order valence-corrected chi connectivity index (χ2v) is 9.71. The van der Waals surface area contributed by atoms with Gasteiger partial charge in [0.2, 0.25) is 0 Å². The molecule has 0 aromatic heterocycles. The first-order chi connectivity index (χ1) is 18.2. The Morgan fingerprint density at radius 2 is 1.40 bits per heavy atom. The number of halogens is 13. The fraction of sp³-hybridized carbons (Fsp3) is 0.360. The average molecular weight is 646 g/mol. The maximum Gasteiger partial charge on any atom is 0.417 e. The van der Waals surface area contributed by atoms with Crippen LogP contribution < -0.4 is 0 Å². The van der Waals surface area contributed by atoms with Gasteiger partial charge in [0, 0.05) is 30.4 Å². The molecule has 2 rings (SSSR count). The molecule has 0 bridgehead atoms. The van der Waals surface area contributed by atoms with E-state index in [2.05, 4.69) is 0 Å². The number of rotatable bonds is 10. The normalized spacial score (nSPS) is 13.9. The third kappa shape index (κ3) is 9.66. The Morgan fingerprint density at radius 3 is 1.90 bits per heavy atom. The van der Waals surface area contributed by atoms with Gasteiger partial charge in [-0.2, -0.15) is 39.5 Å². The number of carbonyl (C=O) groups is 2. The van der Waals surface area contributed by atoms with Crippen LogP contribution in [0.2, 0.25) is 15.1 Å². The monoisotopic (exact) mass is 644 g/mol. The highest BCUT2D eigenvalue weighted by molar-refractivity contribution is 6.48. The van der Waals surface area contributed by atoms with Gasteiger partial charge in [0.05, 0.1) is 27.1 Å². The van der Waals surface area contributed by atoms with E-state index >= 15 is 0 Å². The van der Waals surface area contributed by atoms with Crippen molar-refractivity contribution in [1.82, 2.24) is 0 Å².